The van der Waals surface area contributed by atoms with Gasteiger partial charge in [0.15, 0.2) is 0 Å². The Hall–Kier alpha value is -1.30. The molecule has 0 aromatic carbocycles. The molecule has 16 heavy (non-hydrogen) atoms. The fourth-order valence-electron chi connectivity index (χ4n) is 1.79. The molecule has 0 atom stereocenters. The Kier molecular flexibility index (Phi) is 5.04. The Morgan fingerprint density at radius 2 is 2.19 bits per heavy atom. The lowest BCUT2D eigenvalue weighted by atomic mass is 9.96. The van der Waals surface area contributed by atoms with Gasteiger partial charge in [0.25, 0.3) is 0 Å². The normalized spacial score (nSPS) is 18.8. The molecule has 0 radical (unpaired) electrons. The van der Waals surface area contributed by atoms with Crippen LogP contribution in [0.2, 0.25) is 0 Å². The van der Waals surface area contributed by atoms with Crippen LogP contribution in [-0.4, -0.2) is 48.2 Å². The van der Waals surface area contributed by atoms with Crippen molar-refractivity contribution in [2.75, 3.05) is 26.3 Å². The number of hydrogen-bond donors (Lipinski definition) is 2. The zero-order valence-corrected chi connectivity index (χ0v) is 9.56. The number of ether oxygens (including phenoxy) is 1. The van der Waals surface area contributed by atoms with Gasteiger partial charge < -0.3 is 20.6 Å². The van der Waals surface area contributed by atoms with Crippen molar-refractivity contribution in [2.45, 2.75) is 19.8 Å². The van der Waals surface area contributed by atoms with E-state index in [4.69, 9.17) is 15.7 Å². The number of carbonyl (C=O) groups excluding carboxylic acids is 1. The van der Waals surface area contributed by atoms with Gasteiger partial charge in [-0.15, -0.1) is 0 Å². The number of oxime groups is 1. The van der Waals surface area contributed by atoms with E-state index in [1.54, 1.807) is 4.90 Å². The molecule has 0 spiro atoms. The lowest BCUT2D eigenvalue weighted by Crippen LogP contribution is -2.43. The highest BCUT2D eigenvalue weighted by molar-refractivity contribution is 5.83. The van der Waals surface area contributed by atoms with Crippen LogP contribution in [0.15, 0.2) is 5.16 Å². The molecule has 1 heterocycles. The maximum absolute atomic E-state index is 11.6. The molecule has 1 fully saturated rings. The van der Waals surface area contributed by atoms with Gasteiger partial charge in [-0.05, 0) is 19.8 Å². The summed E-state index contributed by atoms with van der Waals surface area (Å²) in [6.45, 7) is 3.84. The summed E-state index contributed by atoms with van der Waals surface area (Å²) in [5, 5.41) is 11.5. The Labute approximate surface area is 95.0 Å². The van der Waals surface area contributed by atoms with Gasteiger partial charge >= 0.3 is 0 Å². The predicted molar refractivity (Wildman–Crippen MR) is 59.2 cm³/mol. The quantitative estimate of drug-likeness (QED) is 0.307. The second-order valence-electron chi connectivity index (χ2n) is 3.82. The molecule has 0 saturated carbocycles. The molecule has 1 saturated heterocycles. The Balaban J connectivity index is 2.34. The van der Waals surface area contributed by atoms with Gasteiger partial charge in [-0.1, -0.05) is 5.16 Å². The molecule has 0 aromatic rings. The lowest BCUT2D eigenvalue weighted by molar-refractivity contribution is -0.137. The minimum atomic E-state index is 0.0137. The fourth-order valence-corrected chi connectivity index (χ4v) is 1.79. The number of piperidine rings is 1. The molecule has 1 aliphatic rings. The second-order valence-corrected chi connectivity index (χ2v) is 3.82. The lowest BCUT2D eigenvalue weighted by Gasteiger charge is -2.31. The van der Waals surface area contributed by atoms with E-state index in [2.05, 4.69) is 5.16 Å². The van der Waals surface area contributed by atoms with E-state index in [-0.39, 0.29) is 24.3 Å². The average molecular weight is 229 g/mol. The molecular formula is C10H19N3O3. The zero-order chi connectivity index (χ0) is 12.0. The smallest absolute Gasteiger partial charge is 0.248 e. The van der Waals surface area contributed by atoms with Crippen molar-refractivity contribution in [1.29, 1.82) is 0 Å². The zero-order valence-electron chi connectivity index (χ0n) is 9.56. The van der Waals surface area contributed by atoms with Crippen molar-refractivity contribution in [2.24, 2.45) is 16.8 Å². The van der Waals surface area contributed by atoms with Gasteiger partial charge in [-0.2, -0.15) is 0 Å². The van der Waals surface area contributed by atoms with Gasteiger partial charge in [0.05, 0.1) is 0 Å². The van der Waals surface area contributed by atoms with Crippen molar-refractivity contribution < 1.29 is 14.7 Å². The molecule has 1 rings (SSSR count). The van der Waals surface area contributed by atoms with Crippen LogP contribution in [0.25, 0.3) is 0 Å². The Morgan fingerprint density at radius 3 is 2.69 bits per heavy atom. The number of likely N-dealkylation sites (tertiary alicyclic amines) is 1. The first-order valence-corrected chi connectivity index (χ1v) is 5.52. The van der Waals surface area contributed by atoms with Gasteiger partial charge in [-0.3, -0.25) is 4.79 Å². The van der Waals surface area contributed by atoms with E-state index >= 15 is 0 Å². The van der Waals surface area contributed by atoms with Gasteiger partial charge in [0, 0.05) is 25.6 Å². The van der Waals surface area contributed by atoms with Crippen molar-refractivity contribution in [3.63, 3.8) is 0 Å². The number of amidine groups is 1. The predicted octanol–water partition coefficient (Wildman–Crippen LogP) is 0.00790. The van der Waals surface area contributed by atoms with Crippen LogP contribution in [-0.2, 0) is 9.53 Å². The first-order valence-electron chi connectivity index (χ1n) is 5.52. The summed E-state index contributed by atoms with van der Waals surface area (Å²) in [4.78, 5) is 13.4. The average Bonchev–Trinajstić information content (AvgIpc) is 2.35. The largest absolute Gasteiger partial charge is 0.409 e. The molecule has 0 aliphatic carbocycles. The molecule has 0 bridgehead atoms. The summed E-state index contributed by atoms with van der Waals surface area (Å²) in [7, 11) is 0. The first-order chi connectivity index (χ1) is 7.69. The molecule has 0 aromatic heterocycles. The fraction of sp³-hybridized carbons (Fsp3) is 0.800. The topological polar surface area (TPSA) is 88.2 Å². The van der Waals surface area contributed by atoms with Crippen LogP contribution in [0, 0.1) is 5.92 Å². The van der Waals surface area contributed by atoms with Crippen LogP contribution in [0.4, 0.5) is 0 Å². The molecule has 6 heteroatoms. The SMILES string of the molecule is CCOCC(=O)N1CCC(C(N)=NO)CC1. The van der Waals surface area contributed by atoms with E-state index in [1.165, 1.54) is 0 Å². The highest BCUT2D eigenvalue weighted by atomic mass is 16.5. The second kappa shape index (κ2) is 6.32. The van der Waals surface area contributed by atoms with Crippen molar-refractivity contribution in [3.05, 3.63) is 0 Å². The molecule has 0 unspecified atom stereocenters. The van der Waals surface area contributed by atoms with Gasteiger partial charge in [-0.25, -0.2) is 0 Å². The summed E-state index contributed by atoms with van der Waals surface area (Å²) in [6, 6.07) is 0. The highest BCUT2D eigenvalue weighted by Crippen LogP contribution is 2.17. The summed E-state index contributed by atoms with van der Waals surface area (Å²) in [6.07, 6.45) is 1.49. The summed E-state index contributed by atoms with van der Waals surface area (Å²) in [5.41, 5.74) is 5.52. The third-order valence-electron chi connectivity index (χ3n) is 2.81. The number of nitrogens with two attached hydrogens (primary N) is 1. The van der Waals surface area contributed by atoms with Crippen molar-refractivity contribution in [3.8, 4) is 0 Å². The number of amides is 1. The number of hydrogen-bond acceptors (Lipinski definition) is 4. The van der Waals surface area contributed by atoms with Crippen LogP contribution in [0.3, 0.4) is 0 Å². The Bertz CT molecular complexity index is 260. The highest BCUT2D eigenvalue weighted by Gasteiger charge is 2.24. The standard InChI is InChI=1S/C10H19N3O3/c1-2-16-7-9(14)13-5-3-8(4-6-13)10(11)12-15/h8,15H,2-7H2,1H3,(H2,11,12). The van der Waals surface area contributed by atoms with E-state index in [9.17, 15) is 4.79 Å². The third kappa shape index (κ3) is 3.37. The van der Waals surface area contributed by atoms with E-state index in [0.29, 0.717) is 19.7 Å². The minimum absolute atomic E-state index is 0.0137. The van der Waals surface area contributed by atoms with E-state index in [0.717, 1.165) is 12.8 Å². The minimum Gasteiger partial charge on any atom is -0.409 e. The van der Waals surface area contributed by atoms with Crippen molar-refractivity contribution in [1.82, 2.24) is 4.90 Å². The van der Waals surface area contributed by atoms with Crippen LogP contribution in [0.5, 0.6) is 0 Å². The number of carbonyl (C=O) groups is 1. The van der Waals surface area contributed by atoms with Gasteiger partial charge in [0.2, 0.25) is 5.91 Å². The molecule has 92 valence electrons. The molecule has 6 nitrogen and oxygen atoms in total. The molecular weight excluding hydrogens is 210 g/mol. The molecule has 3 N–H and O–H groups in total. The van der Waals surface area contributed by atoms with Crippen LogP contribution in [0.1, 0.15) is 19.8 Å². The monoisotopic (exact) mass is 229 g/mol. The summed E-state index contributed by atoms with van der Waals surface area (Å²) < 4.78 is 5.06. The number of nitrogens with zero attached hydrogens (tertiary/aromatic N) is 2. The van der Waals surface area contributed by atoms with E-state index in [1.807, 2.05) is 6.92 Å². The maximum atomic E-state index is 11.6. The summed E-state index contributed by atoms with van der Waals surface area (Å²) in [5.74, 6) is 0.359. The van der Waals surface area contributed by atoms with Crippen LogP contribution >= 0.6 is 0 Å². The molecule has 1 amide bonds. The third-order valence-corrected chi connectivity index (χ3v) is 2.81. The van der Waals surface area contributed by atoms with E-state index < -0.39 is 0 Å². The number of rotatable bonds is 4. The van der Waals surface area contributed by atoms with Gasteiger partial charge in [0.1, 0.15) is 12.4 Å². The first kappa shape index (κ1) is 12.8. The molecule has 1 aliphatic heterocycles. The van der Waals surface area contributed by atoms with Crippen LogP contribution < -0.4 is 5.73 Å². The Morgan fingerprint density at radius 1 is 1.56 bits per heavy atom. The maximum Gasteiger partial charge on any atom is 0.248 e. The van der Waals surface area contributed by atoms with Crippen molar-refractivity contribution >= 4 is 11.7 Å². The summed E-state index contributed by atoms with van der Waals surface area (Å²) >= 11 is 0.